The first kappa shape index (κ1) is 16.2. The first-order chi connectivity index (χ1) is 10.2. The van der Waals surface area contributed by atoms with Crippen LogP contribution >= 0.6 is 0 Å². The van der Waals surface area contributed by atoms with Crippen molar-refractivity contribution in [3.63, 3.8) is 0 Å². The van der Waals surface area contributed by atoms with Crippen LogP contribution < -0.4 is 10.1 Å². The van der Waals surface area contributed by atoms with Gasteiger partial charge in [0.05, 0.1) is 25.1 Å². The van der Waals surface area contributed by atoms with E-state index in [4.69, 9.17) is 9.47 Å². The highest BCUT2D eigenvalue weighted by Crippen LogP contribution is 2.09. The minimum Gasteiger partial charge on any atom is -0.491 e. The highest BCUT2D eigenvalue weighted by molar-refractivity contribution is 5.19. The molecule has 21 heavy (non-hydrogen) atoms. The Morgan fingerprint density at radius 1 is 1.33 bits per heavy atom. The molecule has 2 heterocycles. The average molecular weight is 293 g/mol. The van der Waals surface area contributed by atoms with Gasteiger partial charge in [-0.15, -0.1) is 0 Å². The van der Waals surface area contributed by atoms with Crippen LogP contribution in [0.1, 0.15) is 19.5 Å². The molecule has 0 saturated carbocycles. The van der Waals surface area contributed by atoms with E-state index in [9.17, 15) is 0 Å². The van der Waals surface area contributed by atoms with E-state index in [0.29, 0.717) is 12.5 Å². The van der Waals surface area contributed by atoms with Gasteiger partial charge in [0.2, 0.25) is 0 Å². The van der Waals surface area contributed by atoms with Gasteiger partial charge in [-0.05, 0) is 24.6 Å². The number of nitrogens with one attached hydrogen (secondary N) is 1. The average Bonchev–Trinajstić information content (AvgIpc) is 2.50. The maximum absolute atomic E-state index is 5.74. The molecular weight excluding hydrogens is 266 g/mol. The summed E-state index contributed by atoms with van der Waals surface area (Å²) in [5.74, 6) is 1.50. The number of hydrogen-bond donors (Lipinski definition) is 1. The van der Waals surface area contributed by atoms with Gasteiger partial charge < -0.3 is 14.8 Å². The van der Waals surface area contributed by atoms with E-state index in [1.54, 1.807) is 0 Å². The van der Waals surface area contributed by atoms with Crippen molar-refractivity contribution in [2.24, 2.45) is 5.92 Å². The SMILES string of the molecule is CC(C)CNCc1ccc(OCCN2CCOCC2)cn1. The van der Waals surface area contributed by atoms with Crippen molar-refractivity contribution in [3.8, 4) is 5.75 Å². The van der Waals surface area contributed by atoms with Crippen LogP contribution in [0.15, 0.2) is 18.3 Å². The van der Waals surface area contributed by atoms with Gasteiger partial charge in [-0.25, -0.2) is 0 Å². The van der Waals surface area contributed by atoms with Crippen LogP contribution in [0.25, 0.3) is 0 Å². The van der Waals surface area contributed by atoms with Crippen molar-refractivity contribution < 1.29 is 9.47 Å². The molecule has 5 heteroatoms. The number of ether oxygens (including phenoxy) is 2. The standard InChI is InChI=1S/C16H27N3O2/c1-14(2)11-17-12-15-3-4-16(13-18-15)21-10-7-19-5-8-20-9-6-19/h3-4,13-14,17H,5-12H2,1-2H3. The molecule has 0 aliphatic carbocycles. The van der Waals surface area contributed by atoms with Crippen molar-refractivity contribution >= 4 is 0 Å². The zero-order chi connectivity index (χ0) is 14.9. The summed E-state index contributed by atoms with van der Waals surface area (Å²) < 4.78 is 11.1. The maximum atomic E-state index is 5.74. The second kappa shape index (κ2) is 8.97. The van der Waals surface area contributed by atoms with Crippen molar-refractivity contribution in [1.29, 1.82) is 0 Å². The summed E-state index contributed by atoms with van der Waals surface area (Å²) in [6.07, 6.45) is 1.81. The lowest BCUT2D eigenvalue weighted by Gasteiger charge is -2.26. The molecule has 1 aromatic heterocycles. The summed E-state index contributed by atoms with van der Waals surface area (Å²) in [6, 6.07) is 4.02. The van der Waals surface area contributed by atoms with Crippen LogP contribution in [0.4, 0.5) is 0 Å². The van der Waals surface area contributed by atoms with Crippen LogP contribution in [0.2, 0.25) is 0 Å². The fourth-order valence-electron chi connectivity index (χ4n) is 2.21. The molecule has 0 amide bonds. The molecule has 1 N–H and O–H groups in total. The Morgan fingerprint density at radius 2 is 2.14 bits per heavy atom. The molecule has 1 fully saturated rings. The summed E-state index contributed by atoms with van der Waals surface area (Å²) in [5, 5.41) is 3.38. The van der Waals surface area contributed by atoms with Gasteiger partial charge in [-0.3, -0.25) is 9.88 Å². The van der Waals surface area contributed by atoms with Crippen molar-refractivity contribution in [1.82, 2.24) is 15.2 Å². The van der Waals surface area contributed by atoms with E-state index in [1.165, 1.54) is 0 Å². The summed E-state index contributed by atoms with van der Waals surface area (Å²) >= 11 is 0. The second-order valence-corrected chi connectivity index (χ2v) is 5.81. The monoisotopic (exact) mass is 293 g/mol. The first-order valence-electron chi connectivity index (χ1n) is 7.82. The lowest BCUT2D eigenvalue weighted by atomic mass is 10.2. The Kier molecular flexibility index (Phi) is 6.92. The first-order valence-corrected chi connectivity index (χ1v) is 7.82. The lowest BCUT2D eigenvalue weighted by Crippen LogP contribution is -2.38. The molecule has 2 rings (SSSR count). The highest BCUT2D eigenvalue weighted by Gasteiger charge is 2.09. The van der Waals surface area contributed by atoms with Gasteiger partial charge in [-0.1, -0.05) is 13.8 Å². The third-order valence-corrected chi connectivity index (χ3v) is 3.44. The molecule has 0 unspecified atom stereocenters. The smallest absolute Gasteiger partial charge is 0.137 e. The molecule has 5 nitrogen and oxygen atoms in total. The van der Waals surface area contributed by atoms with Crippen molar-refractivity contribution in [2.75, 3.05) is 46.0 Å². The number of pyridine rings is 1. The highest BCUT2D eigenvalue weighted by atomic mass is 16.5. The molecule has 1 aliphatic heterocycles. The quantitative estimate of drug-likeness (QED) is 0.788. The van der Waals surface area contributed by atoms with E-state index in [-0.39, 0.29) is 0 Å². The van der Waals surface area contributed by atoms with E-state index < -0.39 is 0 Å². The zero-order valence-corrected chi connectivity index (χ0v) is 13.2. The normalized spacial score (nSPS) is 16.3. The van der Waals surface area contributed by atoms with Crippen LogP contribution in [0.3, 0.4) is 0 Å². The van der Waals surface area contributed by atoms with Crippen LogP contribution in [0, 0.1) is 5.92 Å². The number of hydrogen-bond acceptors (Lipinski definition) is 5. The Hall–Kier alpha value is -1.17. The van der Waals surface area contributed by atoms with Crippen molar-refractivity contribution in [3.05, 3.63) is 24.0 Å². The fourth-order valence-corrected chi connectivity index (χ4v) is 2.21. The predicted molar refractivity (Wildman–Crippen MR) is 83.5 cm³/mol. The topological polar surface area (TPSA) is 46.6 Å². The van der Waals surface area contributed by atoms with E-state index in [1.807, 2.05) is 18.3 Å². The van der Waals surface area contributed by atoms with Gasteiger partial charge in [-0.2, -0.15) is 0 Å². The number of nitrogens with zero attached hydrogens (tertiary/aromatic N) is 2. The Labute approximate surface area is 127 Å². The third-order valence-electron chi connectivity index (χ3n) is 3.44. The largest absolute Gasteiger partial charge is 0.491 e. The number of rotatable bonds is 8. The Balaban J connectivity index is 1.64. The molecule has 0 atom stereocenters. The summed E-state index contributed by atoms with van der Waals surface area (Å²) in [6.45, 7) is 11.5. The fraction of sp³-hybridized carbons (Fsp3) is 0.688. The molecule has 0 radical (unpaired) electrons. The maximum Gasteiger partial charge on any atom is 0.137 e. The lowest BCUT2D eigenvalue weighted by molar-refractivity contribution is 0.0322. The van der Waals surface area contributed by atoms with Gasteiger partial charge in [0, 0.05) is 26.2 Å². The molecule has 1 saturated heterocycles. The molecule has 0 bridgehead atoms. The summed E-state index contributed by atoms with van der Waals surface area (Å²) in [5.41, 5.74) is 1.05. The van der Waals surface area contributed by atoms with Crippen LogP contribution in [-0.2, 0) is 11.3 Å². The van der Waals surface area contributed by atoms with E-state index in [2.05, 4.69) is 29.0 Å². The van der Waals surface area contributed by atoms with Crippen LogP contribution in [-0.4, -0.2) is 55.9 Å². The predicted octanol–water partition coefficient (Wildman–Crippen LogP) is 1.54. The van der Waals surface area contributed by atoms with Gasteiger partial charge >= 0.3 is 0 Å². The molecule has 0 spiro atoms. The summed E-state index contributed by atoms with van der Waals surface area (Å²) in [4.78, 5) is 6.78. The molecular formula is C16H27N3O2. The molecule has 0 aromatic carbocycles. The number of aromatic nitrogens is 1. The Morgan fingerprint density at radius 3 is 2.81 bits per heavy atom. The molecule has 118 valence electrons. The van der Waals surface area contributed by atoms with Crippen molar-refractivity contribution in [2.45, 2.75) is 20.4 Å². The van der Waals surface area contributed by atoms with Crippen LogP contribution in [0.5, 0.6) is 5.75 Å². The Bertz CT molecular complexity index is 389. The van der Waals surface area contributed by atoms with Gasteiger partial charge in [0.1, 0.15) is 12.4 Å². The molecule has 1 aliphatic rings. The van der Waals surface area contributed by atoms with Gasteiger partial charge in [0.15, 0.2) is 0 Å². The van der Waals surface area contributed by atoms with E-state index in [0.717, 1.165) is 57.4 Å². The summed E-state index contributed by atoms with van der Waals surface area (Å²) in [7, 11) is 0. The minimum atomic E-state index is 0.660. The van der Waals surface area contributed by atoms with E-state index >= 15 is 0 Å². The third kappa shape index (κ3) is 6.42. The minimum absolute atomic E-state index is 0.660. The number of morpholine rings is 1. The van der Waals surface area contributed by atoms with Gasteiger partial charge in [0.25, 0.3) is 0 Å². The molecule has 1 aromatic rings. The zero-order valence-electron chi connectivity index (χ0n) is 13.2. The second-order valence-electron chi connectivity index (χ2n) is 5.81.